The predicted octanol–water partition coefficient (Wildman–Crippen LogP) is 3.42. The molecule has 0 unspecified atom stereocenters. The number of aryl methyl sites for hydroxylation is 2. The Morgan fingerprint density at radius 2 is 2.07 bits per heavy atom. The first kappa shape index (κ1) is 20.6. The van der Waals surface area contributed by atoms with E-state index in [1.54, 1.807) is 10.8 Å². The van der Waals surface area contributed by atoms with Crippen molar-refractivity contribution in [2.45, 2.75) is 70.0 Å². The van der Waals surface area contributed by atoms with Crippen molar-refractivity contribution in [3.05, 3.63) is 51.0 Å². The number of nitrogens with one attached hydrogen (secondary N) is 1. The zero-order valence-corrected chi connectivity index (χ0v) is 17.6. The fraction of sp³-hybridized carbons (Fsp3) is 0.524. The van der Waals surface area contributed by atoms with Crippen LogP contribution in [0.15, 0.2) is 33.3 Å². The number of aromatic amines is 1. The zero-order valence-electron chi connectivity index (χ0n) is 16.8. The van der Waals surface area contributed by atoms with Gasteiger partial charge >= 0.3 is 0 Å². The van der Waals surface area contributed by atoms with Crippen LogP contribution < -0.4 is 11.0 Å². The molecule has 28 heavy (non-hydrogen) atoms. The number of rotatable bonds is 5. The molecule has 0 bridgehead atoms. The van der Waals surface area contributed by atoms with Crippen LogP contribution >= 0.6 is 11.8 Å². The quantitative estimate of drug-likeness (QED) is 0.616. The van der Waals surface area contributed by atoms with Crippen molar-refractivity contribution in [2.24, 2.45) is 4.99 Å². The fourth-order valence-corrected chi connectivity index (χ4v) is 4.05. The second-order valence-corrected chi connectivity index (χ2v) is 8.18. The molecule has 3 rings (SSSR count). The molecule has 0 atom stereocenters. The molecule has 1 saturated carbocycles. The molecular formula is C21H28N4O2S. The molecule has 1 aliphatic rings. The molecule has 2 aromatic heterocycles. The van der Waals surface area contributed by atoms with Gasteiger partial charge in [0.1, 0.15) is 5.49 Å². The molecule has 2 aromatic rings. The third-order valence-corrected chi connectivity index (χ3v) is 5.81. The van der Waals surface area contributed by atoms with Gasteiger partial charge in [-0.3, -0.25) is 19.1 Å². The second kappa shape index (κ2) is 9.37. The number of hydrogen-bond donors (Lipinski definition) is 1. The molecule has 1 N–H and O–H groups in total. The van der Waals surface area contributed by atoms with E-state index in [0.29, 0.717) is 28.9 Å². The smallest absolute Gasteiger partial charge is 0.254 e. The predicted molar refractivity (Wildman–Crippen MR) is 112 cm³/mol. The van der Waals surface area contributed by atoms with E-state index >= 15 is 0 Å². The summed E-state index contributed by atoms with van der Waals surface area (Å²) in [4.78, 5) is 37.2. The summed E-state index contributed by atoms with van der Waals surface area (Å²) in [5, 5.41) is 0.596. The van der Waals surface area contributed by atoms with Gasteiger partial charge in [-0.2, -0.15) is 0 Å². The van der Waals surface area contributed by atoms with Crippen molar-refractivity contribution in [2.75, 3.05) is 6.26 Å². The highest BCUT2D eigenvalue weighted by Crippen LogP contribution is 2.19. The largest absolute Gasteiger partial charge is 0.301 e. The zero-order chi connectivity index (χ0) is 20.1. The average molecular weight is 401 g/mol. The Morgan fingerprint density at radius 1 is 1.32 bits per heavy atom. The maximum atomic E-state index is 12.9. The molecule has 2 heterocycles. The molecule has 0 radical (unpaired) electrons. The Morgan fingerprint density at radius 3 is 2.75 bits per heavy atom. The highest BCUT2D eigenvalue weighted by atomic mass is 32.2. The Labute approximate surface area is 169 Å². The summed E-state index contributed by atoms with van der Waals surface area (Å²) in [5.41, 5.74) is 2.90. The van der Waals surface area contributed by atoms with Gasteiger partial charge < -0.3 is 4.98 Å². The number of pyridine rings is 1. The molecule has 6 nitrogen and oxygen atoms in total. The summed E-state index contributed by atoms with van der Waals surface area (Å²) in [6, 6.07) is 4.19. The van der Waals surface area contributed by atoms with E-state index < -0.39 is 0 Å². The van der Waals surface area contributed by atoms with Crippen molar-refractivity contribution in [3.8, 4) is 0 Å². The Hall–Kier alpha value is -2.15. The molecular weight excluding hydrogens is 372 g/mol. The van der Waals surface area contributed by atoms with Crippen LogP contribution in [0.1, 0.15) is 60.1 Å². The monoisotopic (exact) mass is 400 g/mol. The Bertz CT molecular complexity index is 971. The first-order valence-electron chi connectivity index (χ1n) is 9.88. The van der Waals surface area contributed by atoms with Gasteiger partial charge in [0, 0.05) is 23.9 Å². The topological polar surface area (TPSA) is 80.1 Å². The molecule has 0 saturated heterocycles. The van der Waals surface area contributed by atoms with E-state index in [2.05, 4.69) is 9.97 Å². The average Bonchev–Trinajstić information content (AvgIpc) is 2.68. The molecule has 0 aliphatic heterocycles. The van der Waals surface area contributed by atoms with Gasteiger partial charge in [-0.05, 0) is 57.1 Å². The molecule has 7 heteroatoms. The number of carbonyl (C=O) groups excluding carboxylic acids is 1. The minimum absolute atomic E-state index is 0.0534. The summed E-state index contributed by atoms with van der Waals surface area (Å²) < 4.78 is 1.63. The van der Waals surface area contributed by atoms with Crippen molar-refractivity contribution < 1.29 is 4.79 Å². The Kier molecular flexibility index (Phi) is 6.88. The third kappa shape index (κ3) is 5.01. The van der Waals surface area contributed by atoms with Crippen molar-refractivity contribution in [3.63, 3.8) is 0 Å². The minimum Gasteiger partial charge on any atom is -0.301 e. The highest BCUT2D eigenvalue weighted by molar-refractivity contribution is 7.98. The molecule has 150 valence electrons. The van der Waals surface area contributed by atoms with Crippen LogP contribution in [0.2, 0.25) is 0 Å². The van der Waals surface area contributed by atoms with E-state index in [1.165, 1.54) is 31.0 Å². The SMILES string of the molecule is CSc1nc(C)c(CCC(=O)n2ccc(C)cc2=NC2CCCCC2)c(=O)[nH]1. The lowest BCUT2D eigenvalue weighted by atomic mass is 9.96. The van der Waals surface area contributed by atoms with Crippen molar-refractivity contribution in [1.82, 2.24) is 14.5 Å². The lowest BCUT2D eigenvalue weighted by molar-refractivity contribution is 0.0897. The van der Waals surface area contributed by atoms with Gasteiger partial charge in [0.2, 0.25) is 5.91 Å². The first-order chi connectivity index (χ1) is 13.5. The van der Waals surface area contributed by atoms with Crippen LogP contribution in [-0.2, 0) is 6.42 Å². The number of H-pyrrole nitrogens is 1. The molecule has 0 spiro atoms. The van der Waals surface area contributed by atoms with Crippen LogP contribution in [0.3, 0.4) is 0 Å². The van der Waals surface area contributed by atoms with E-state index in [4.69, 9.17) is 4.99 Å². The molecule has 0 amide bonds. The third-order valence-electron chi connectivity index (χ3n) is 5.23. The van der Waals surface area contributed by atoms with Crippen LogP contribution in [0.25, 0.3) is 0 Å². The number of thioether (sulfide) groups is 1. The van der Waals surface area contributed by atoms with E-state index in [1.807, 2.05) is 32.2 Å². The van der Waals surface area contributed by atoms with Gasteiger partial charge in [0.05, 0.1) is 6.04 Å². The van der Waals surface area contributed by atoms with Crippen LogP contribution in [-0.4, -0.2) is 32.7 Å². The maximum Gasteiger partial charge on any atom is 0.254 e. The maximum absolute atomic E-state index is 12.9. The first-order valence-corrected chi connectivity index (χ1v) is 11.1. The van der Waals surface area contributed by atoms with Gasteiger partial charge in [-0.1, -0.05) is 31.0 Å². The summed E-state index contributed by atoms with van der Waals surface area (Å²) in [7, 11) is 0. The molecule has 1 aliphatic carbocycles. The van der Waals surface area contributed by atoms with Crippen LogP contribution in [0, 0.1) is 13.8 Å². The normalized spacial score (nSPS) is 15.8. The summed E-state index contributed by atoms with van der Waals surface area (Å²) >= 11 is 1.40. The van der Waals surface area contributed by atoms with E-state index in [0.717, 1.165) is 23.9 Å². The lowest BCUT2D eigenvalue weighted by Crippen LogP contribution is -2.30. The molecule has 0 aromatic carbocycles. The lowest BCUT2D eigenvalue weighted by Gasteiger charge is -2.18. The number of aromatic nitrogens is 3. The van der Waals surface area contributed by atoms with Gasteiger partial charge in [-0.25, -0.2) is 4.98 Å². The second-order valence-electron chi connectivity index (χ2n) is 7.39. The summed E-state index contributed by atoms with van der Waals surface area (Å²) in [5.74, 6) is -0.0534. The standard InChI is InChI=1S/C21H28N4O2S/c1-14-11-12-25(18(13-14)23-16-7-5-4-6-8-16)19(26)10-9-17-15(2)22-21(28-3)24-20(17)27/h11-13,16H,4-10H2,1-3H3,(H,22,24,27). The summed E-state index contributed by atoms with van der Waals surface area (Å²) in [6.45, 7) is 3.83. The number of carbonyl (C=O) groups is 1. The van der Waals surface area contributed by atoms with Crippen molar-refractivity contribution in [1.29, 1.82) is 0 Å². The Balaban J connectivity index is 1.82. The van der Waals surface area contributed by atoms with Crippen molar-refractivity contribution >= 4 is 17.7 Å². The minimum atomic E-state index is -0.161. The van der Waals surface area contributed by atoms with Crippen LogP contribution in [0.5, 0.6) is 0 Å². The number of hydrogen-bond acceptors (Lipinski definition) is 5. The van der Waals surface area contributed by atoms with E-state index in [-0.39, 0.29) is 17.9 Å². The van der Waals surface area contributed by atoms with E-state index in [9.17, 15) is 9.59 Å². The molecule has 1 fully saturated rings. The van der Waals surface area contributed by atoms with Gasteiger partial charge in [0.25, 0.3) is 5.56 Å². The number of nitrogens with zero attached hydrogens (tertiary/aromatic N) is 3. The van der Waals surface area contributed by atoms with Gasteiger partial charge in [0.15, 0.2) is 5.16 Å². The fourth-order valence-electron chi connectivity index (χ4n) is 3.63. The van der Waals surface area contributed by atoms with Crippen LogP contribution in [0.4, 0.5) is 0 Å². The van der Waals surface area contributed by atoms with Gasteiger partial charge in [-0.15, -0.1) is 0 Å². The highest BCUT2D eigenvalue weighted by Gasteiger charge is 2.15. The summed E-state index contributed by atoms with van der Waals surface area (Å²) in [6.07, 6.45) is 10.1.